The van der Waals surface area contributed by atoms with E-state index in [1.54, 1.807) is 43.5 Å². The fourth-order valence-electron chi connectivity index (χ4n) is 2.01. The average molecular weight is 378 g/mol. The Morgan fingerprint density at radius 1 is 1.08 bits per heavy atom. The molecule has 0 unspecified atom stereocenters. The van der Waals surface area contributed by atoms with E-state index in [-0.39, 0.29) is 12.5 Å². The third-order valence-electron chi connectivity index (χ3n) is 3.40. The van der Waals surface area contributed by atoms with Crippen molar-refractivity contribution < 1.29 is 14.3 Å². The lowest BCUT2D eigenvalue weighted by Crippen LogP contribution is -2.30. The molecule has 0 N–H and O–H groups in total. The van der Waals surface area contributed by atoms with Crippen LogP contribution in [0.5, 0.6) is 0 Å². The van der Waals surface area contributed by atoms with E-state index in [1.807, 2.05) is 18.2 Å². The molecule has 0 aliphatic rings. The molecule has 2 aromatic rings. The largest absolute Gasteiger partial charge is 0.452 e. The molecule has 2 rings (SSSR count). The second kappa shape index (κ2) is 9.25. The van der Waals surface area contributed by atoms with Crippen LogP contribution in [-0.2, 0) is 20.9 Å². The molecule has 0 aromatic heterocycles. The Morgan fingerprint density at radius 3 is 2.44 bits per heavy atom. The van der Waals surface area contributed by atoms with Crippen LogP contribution in [0.2, 0.25) is 10.0 Å². The zero-order chi connectivity index (χ0) is 18.2. The number of ether oxygens (including phenoxy) is 1. The summed E-state index contributed by atoms with van der Waals surface area (Å²) in [6.07, 6.45) is 2.79. The van der Waals surface area contributed by atoms with Crippen LogP contribution in [0.15, 0.2) is 54.6 Å². The van der Waals surface area contributed by atoms with E-state index >= 15 is 0 Å². The molecule has 0 heterocycles. The molecule has 6 heteroatoms. The molecule has 2 aromatic carbocycles. The van der Waals surface area contributed by atoms with Crippen molar-refractivity contribution in [2.75, 3.05) is 13.7 Å². The summed E-state index contributed by atoms with van der Waals surface area (Å²) in [6, 6.07) is 14.3. The Hall–Kier alpha value is -2.30. The van der Waals surface area contributed by atoms with Gasteiger partial charge in [0, 0.05) is 29.7 Å². The van der Waals surface area contributed by atoms with Crippen molar-refractivity contribution in [3.05, 3.63) is 75.8 Å². The van der Waals surface area contributed by atoms with Gasteiger partial charge < -0.3 is 9.64 Å². The van der Waals surface area contributed by atoms with Crippen LogP contribution in [0.25, 0.3) is 6.08 Å². The number of nitrogens with zero attached hydrogens (tertiary/aromatic N) is 1. The fourth-order valence-corrected chi connectivity index (χ4v) is 2.34. The van der Waals surface area contributed by atoms with Crippen molar-refractivity contribution in [1.82, 2.24) is 4.90 Å². The summed E-state index contributed by atoms with van der Waals surface area (Å²) in [6.45, 7) is 0.0821. The van der Waals surface area contributed by atoms with Gasteiger partial charge in [-0.15, -0.1) is 0 Å². The number of rotatable bonds is 6. The molecule has 0 saturated carbocycles. The lowest BCUT2D eigenvalue weighted by Gasteiger charge is -2.17. The van der Waals surface area contributed by atoms with Gasteiger partial charge in [0.2, 0.25) is 0 Å². The Morgan fingerprint density at radius 2 is 1.76 bits per heavy atom. The van der Waals surface area contributed by atoms with Crippen LogP contribution in [-0.4, -0.2) is 30.4 Å². The summed E-state index contributed by atoms with van der Waals surface area (Å²) in [7, 11) is 1.64. The van der Waals surface area contributed by atoms with Crippen LogP contribution in [0.3, 0.4) is 0 Å². The van der Waals surface area contributed by atoms with Gasteiger partial charge in [-0.25, -0.2) is 4.79 Å². The standard InChI is InChI=1S/C19H17Cl2NO3/c1-22(12-14-6-9-16(20)10-7-14)18(23)13-25-19(24)11-8-15-4-2-3-5-17(15)21/h2-11H,12-13H2,1H3/b11-8+. The Bertz CT molecular complexity index is 772. The van der Waals surface area contributed by atoms with E-state index in [0.717, 1.165) is 5.56 Å². The van der Waals surface area contributed by atoms with Gasteiger partial charge in [-0.05, 0) is 35.4 Å². The normalized spacial score (nSPS) is 10.7. The molecule has 0 radical (unpaired) electrons. The fraction of sp³-hybridized carbons (Fsp3) is 0.158. The van der Waals surface area contributed by atoms with Crippen LogP contribution < -0.4 is 0 Å². The Balaban J connectivity index is 1.81. The topological polar surface area (TPSA) is 46.6 Å². The van der Waals surface area contributed by atoms with Crippen molar-refractivity contribution in [1.29, 1.82) is 0 Å². The maximum Gasteiger partial charge on any atom is 0.331 e. The third kappa shape index (κ3) is 6.25. The molecule has 25 heavy (non-hydrogen) atoms. The zero-order valence-corrected chi connectivity index (χ0v) is 15.1. The summed E-state index contributed by atoms with van der Waals surface area (Å²) in [5, 5.41) is 1.17. The molecule has 4 nitrogen and oxygen atoms in total. The lowest BCUT2D eigenvalue weighted by atomic mass is 10.2. The first-order chi connectivity index (χ1) is 12.0. The maximum absolute atomic E-state index is 12.0. The van der Waals surface area contributed by atoms with E-state index in [2.05, 4.69) is 0 Å². The van der Waals surface area contributed by atoms with Gasteiger partial charge in [-0.2, -0.15) is 0 Å². The minimum atomic E-state index is -0.604. The van der Waals surface area contributed by atoms with Gasteiger partial charge in [0.15, 0.2) is 6.61 Å². The first kappa shape index (κ1) is 19.0. The molecule has 1 amide bonds. The molecular weight excluding hydrogens is 361 g/mol. The molecule has 0 atom stereocenters. The van der Waals surface area contributed by atoms with Crippen molar-refractivity contribution in [2.24, 2.45) is 0 Å². The number of carbonyl (C=O) groups excluding carboxylic acids is 2. The highest BCUT2D eigenvalue weighted by atomic mass is 35.5. The van der Waals surface area contributed by atoms with E-state index in [4.69, 9.17) is 27.9 Å². The predicted molar refractivity (Wildman–Crippen MR) is 99.4 cm³/mol. The van der Waals surface area contributed by atoms with E-state index < -0.39 is 5.97 Å². The monoisotopic (exact) mass is 377 g/mol. The summed E-state index contributed by atoms with van der Waals surface area (Å²) in [5.74, 6) is -0.900. The number of halogens is 2. The SMILES string of the molecule is CN(Cc1ccc(Cl)cc1)C(=O)COC(=O)/C=C/c1ccccc1Cl. The minimum absolute atomic E-state index is 0.297. The Labute approximate surface area is 156 Å². The zero-order valence-electron chi connectivity index (χ0n) is 13.6. The van der Waals surface area contributed by atoms with Crippen LogP contribution in [0, 0.1) is 0 Å². The molecule has 0 bridgehead atoms. The van der Waals surface area contributed by atoms with E-state index in [0.29, 0.717) is 22.2 Å². The number of likely N-dealkylation sites (N-methyl/N-ethyl adjacent to an activating group) is 1. The van der Waals surface area contributed by atoms with Crippen LogP contribution in [0.4, 0.5) is 0 Å². The summed E-state index contributed by atoms with van der Waals surface area (Å²) >= 11 is 11.8. The van der Waals surface area contributed by atoms with Crippen LogP contribution >= 0.6 is 23.2 Å². The molecule has 130 valence electrons. The maximum atomic E-state index is 12.0. The number of benzene rings is 2. The second-order valence-corrected chi connectivity index (χ2v) is 6.18. The molecule has 0 aliphatic carbocycles. The molecular formula is C19H17Cl2NO3. The van der Waals surface area contributed by atoms with E-state index in [1.165, 1.54) is 11.0 Å². The van der Waals surface area contributed by atoms with Crippen molar-refractivity contribution in [2.45, 2.75) is 6.54 Å². The van der Waals surface area contributed by atoms with Crippen molar-refractivity contribution in [3.8, 4) is 0 Å². The molecule has 0 aliphatic heterocycles. The van der Waals surface area contributed by atoms with Crippen LogP contribution in [0.1, 0.15) is 11.1 Å². The Kier molecular flexibility index (Phi) is 7.04. The molecule has 0 spiro atoms. The lowest BCUT2D eigenvalue weighted by molar-refractivity contribution is -0.147. The van der Waals surface area contributed by atoms with Gasteiger partial charge in [-0.1, -0.05) is 53.5 Å². The predicted octanol–water partition coefficient (Wildman–Crippen LogP) is 4.21. The quantitative estimate of drug-likeness (QED) is 0.559. The molecule has 0 saturated heterocycles. The highest BCUT2D eigenvalue weighted by Gasteiger charge is 2.11. The third-order valence-corrected chi connectivity index (χ3v) is 4.00. The number of hydrogen-bond acceptors (Lipinski definition) is 3. The molecule has 0 fully saturated rings. The van der Waals surface area contributed by atoms with Gasteiger partial charge in [0.25, 0.3) is 5.91 Å². The van der Waals surface area contributed by atoms with Gasteiger partial charge in [0.05, 0.1) is 0 Å². The number of amides is 1. The van der Waals surface area contributed by atoms with Gasteiger partial charge in [0.1, 0.15) is 0 Å². The minimum Gasteiger partial charge on any atom is -0.452 e. The summed E-state index contributed by atoms with van der Waals surface area (Å²) in [5.41, 5.74) is 1.64. The number of carbonyl (C=O) groups is 2. The highest BCUT2D eigenvalue weighted by Crippen LogP contribution is 2.16. The summed E-state index contributed by atoms with van der Waals surface area (Å²) < 4.78 is 4.96. The first-order valence-corrected chi connectivity index (χ1v) is 8.29. The van der Waals surface area contributed by atoms with E-state index in [9.17, 15) is 9.59 Å². The average Bonchev–Trinajstić information content (AvgIpc) is 2.60. The second-order valence-electron chi connectivity index (χ2n) is 5.34. The highest BCUT2D eigenvalue weighted by molar-refractivity contribution is 6.32. The number of hydrogen-bond donors (Lipinski definition) is 0. The van der Waals surface area contributed by atoms with Crippen molar-refractivity contribution >= 4 is 41.2 Å². The van der Waals surface area contributed by atoms with Gasteiger partial charge in [-0.3, -0.25) is 4.79 Å². The smallest absolute Gasteiger partial charge is 0.331 e. The summed E-state index contributed by atoms with van der Waals surface area (Å²) in [4.78, 5) is 25.2. The van der Waals surface area contributed by atoms with Gasteiger partial charge >= 0.3 is 5.97 Å². The first-order valence-electron chi connectivity index (χ1n) is 7.53. The number of esters is 1. The van der Waals surface area contributed by atoms with Crippen molar-refractivity contribution in [3.63, 3.8) is 0 Å².